The van der Waals surface area contributed by atoms with Gasteiger partial charge in [0.1, 0.15) is 0 Å². The van der Waals surface area contributed by atoms with Crippen molar-refractivity contribution in [1.29, 1.82) is 0 Å². The number of hydrogen-bond donors (Lipinski definition) is 0. The van der Waals surface area contributed by atoms with Crippen LogP contribution in [0, 0.1) is 11.3 Å². The lowest BCUT2D eigenvalue weighted by Crippen LogP contribution is -2.28. The fourth-order valence-electron chi connectivity index (χ4n) is 2.89. The summed E-state index contributed by atoms with van der Waals surface area (Å²) in [6.07, 6.45) is 8.66. The fraction of sp³-hybridized carbons (Fsp3) is 0.765. The molecule has 2 atom stereocenters. The largest absolute Gasteiger partial charge is 0.374 e. The van der Waals surface area contributed by atoms with E-state index in [9.17, 15) is 0 Å². The molecule has 0 radical (unpaired) electrons. The smallest absolute Gasteiger partial charge is 0.0653 e. The van der Waals surface area contributed by atoms with Crippen LogP contribution in [0.5, 0.6) is 0 Å². The van der Waals surface area contributed by atoms with Gasteiger partial charge in [-0.25, -0.2) is 0 Å². The van der Waals surface area contributed by atoms with Gasteiger partial charge >= 0.3 is 0 Å². The molecular formula is C17H30O. The minimum Gasteiger partial charge on any atom is -0.374 e. The highest BCUT2D eigenvalue weighted by Gasteiger charge is 2.36. The average molecular weight is 250 g/mol. The lowest BCUT2D eigenvalue weighted by molar-refractivity contribution is 0.0347. The molecule has 1 aliphatic heterocycles. The van der Waals surface area contributed by atoms with Crippen LogP contribution >= 0.6 is 0 Å². The molecule has 0 aromatic carbocycles. The van der Waals surface area contributed by atoms with Gasteiger partial charge in [-0.1, -0.05) is 51.0 Å². The third-order valence-corrected chi connectivity index (χ3v) is 4.61. The van der Waals surface area contributed by atoms with Crippen LogP contribution < -0.4 is 0 Å². The van der Waals surface area contributed by atoms with Crippen molar-refractivity contribution in [2.24, 2.45) is 11.3 Å². The standard InChI is InChI=1S/C15H24O.C2H6/c1-11-7-8-16-14(9-11)10-13-6-5-12(2)15(13,3)4;1-2/h5,7,13-14H,6,8-10H2,1-4H3;1-2H3. The molecule has 0 spiro atoms. The van der Waals surface area contributed by atoms with E-state index in [1.165, 1.54) is 18.4 Å². The van der Waals surface area contributed by atoms with E-state index in [-0.39, 0.29) is 0 Å². The van der Waals surface area contributed by atoms with Crippen LogP contribution in [0.15, 0.2) is 23.3 Å². The molecular weight excluding hydrogens is 220 g/mol. The SMILES string of the molecule is CC.CC1=CCOC(CC2CC=C(C)C2(C)C)C1. The van der Waals surface area contributed by atoms with Crippen LogP contribution in [-0.4, -0.2) is 12.7 Å². The highest BCUT2D eigenvalue weighted by molar-refractivity contribution is 5.18. The van der Waals surface area contributed by atoms with Crippen molar-refractivity contribution < 1.29 is 4.74 Å². The van der Waals surface area contributed by atoms with E-state index in [0.29, 0.717) is 11.5 Å². The molecule has 0 aromatic rings. The van der Waals surface area contributed by atoms with E-state index in [1.54, 1.807) is 5.57 Å². The zero-order chi connectivity index (χ0) is 13.8. The van der Waals surface area contributed by atoms with Crippen LogP contribution in [0.1, 0.15) is 60.8 Å². The van der Waals surface area contributed by atoms with E-state index < -0.39 is 0 Å². The highest BCUT2D eigenvalue weighted by atomic mass is 16.5. The van der Waals surface area contributed by atoms with Crippen molar-refractivity contribution in [2.75, 3.05) is 6.61 Å². The van der Waals surface area contributed by atoms with Crippen molar-refractivity contribution >= 4 is 0 Å². The summed E-state index contributed by atoms with van der Waals surface area (Å²) >= 11 is 0. The molecule has 1 aliphatic carbocycles. The molecule has 0 saturated carbocycles. The van der Waals surface area contributed by atoms with E-state index in [1.807, 2.05) is 13.8 Å². The van der Waals surface area contributed by atoms with Gasteiger partial charge in [0.2, 0.25) is 0 Å². The second-order valence-corrected chi connectivity index (χ2v) is 5.99. The molecule has 18 heavy (non-hydrogen) atoms. The average Bonchev–Trinajstić information content (AvgIpc) is 2.59. The molecule has 0 amide bonds. The zero-order valence-corrected chi connectivity index (χ0v) is 13.0. The fourth-order valence-corrected chi connectivity index (χ4v) is 2.89. The Kier molecular flexibility index (Phi) is 5.65. The minimum atomic E-state index is 0.373. The molecule has 0 saturated heterocycles. The first-order valence-corrected chi connectivity index (χ1v) is 7.44. The first kappa shape index (κ1) is 15.5. The van der Waals surface area contributed by atoms with E-state index in [2.05, 4.69) is 39.8 Å². The Labute approximate surface area is 113 Å². The summed E-state index contributed by atoms with van der Waals surface area (Å²) in [6.45, 7) is 14.1. The lowest BCUT2D eigenvalue weighted by Gasteiger charge is -2.33. The predicted molar refractivity (Wildman–Crippen MR) is 79.7 cm³/mol. The molecule has 104 valence electrons. The van der Waals surface area contributed by atoms with Crippen LogP contribution in [0.2, 0.25) is 0 Å². The van der Waals surface area contributed by atoms with Crippen LogP contribution in [0.25, 0.3) is 0 Å². The van der Waals surface area contributed by atoms with Gasteiger partial charge in [-0.2, -0.15) is 0 Å². The van der Waals surface area contributed by atoms with Crippen molar-refractivity contribution in [1.82, 2.24) is 0 Å². The quantitative estimate of drug-likeness (QED) is 0.617. The molecule has 2 rings (SSSR count). The first-order valence-electron chi connectivity index (χ1n) is 7.44. The van der Waals surface area contributed by atoms with Crippen LogP contribution in [0.4, 0.5) is 0 Å². The highest BCUT2D eigenvalue weighted by Crippen LogP contribution is 2.45. The van der Waals surface area contributed by atoms with Gasteiger partial charge in [-0.15, -0.1) is 0 Å². The molecule has 0 N–H and O–H groups in total. The van der Waals surface area contributed by atoms with Crippen LogP contribution in [-0.2, 0) is 4.74 Å². The maximum absolute atomic E-state index is 5.84. The molecule has 1 heterocycles. The van der Waals surface area contributed by atoms with Crippen molar-refractivity contribution in [3.63, 3.8) is 0 Å². The normalized spacial score (nSPS) is 30.1. The van der Waals surface area contributed by atoms with Gasteiger partial charge in [0.05, 0.1) is 12.7 Å². The van der Waals surface area contributed by atoms with Gasteiger partial charge in [0.15, 0.2) is 0 Å². The molecule has 0 fully saturated rings. The van der Waals surface area contributed by atoms with E-state index in [0.717, 1.165) is 18.9 Å². The monoisotopic (exact) mass is 250 g/mol. The number of ether oxygens (including phenoxy) is 1. The Morgan fingerprint density at radius 3 is 2.39 bits per heavy atom. The Morgan fingerprint density at radius 2 is 1.89 bits per heavy atom. The van der Waals surface area contributed by atoms with E-state index in [4.69, 9.17) is 4.74 Å². The first-order chi connectivity index (χ1) is 8.50. The number of allylic oxidation sites excluding steroid dienone is 2. The summed E-state index contributed by atoms with van der Waals surface area (Å²) in [5.41, 5.74) is 3.43. The summed E-state index contributed by atoms with van der Waals surface area (Å²) < 4.78 is 5.84. The summed E-state index contributed by atoms with van der Waals surface area (Å²) in [5.74, 6) is 0.767. The van der Waals surface area contributed by atoms with Gasteiger partial charge in [0.25, 0.3) is 0 Å². The molecule has 0 bridgehead atoms. The topological polar surface area (TPSA) is 9.23 Å². The Morgan fingerprint density at radius 1 is 1.22 bits per heavy atom. The lowest BCUT2D eigenvalue weighted by atomic mass is 9.74. The number of hydrogen-bond acceptors (Lipinski definition) is 1. The zero-order valence-electron chi connectivity index (χ0n) is 13.0. The Bertz CT molecular complexity index is 323. The molecule has 2 aliphatic rings. The maximum atomic E-state index is 5.84. The van der Waals surface area contributed by atoms with Gasteiger partial charge in [-0.05, 0) is 44.4 Å². The second-order valence-electron chi connectivity index (χ2n) is 5.99. The predicted octanol–water partition coefficient (Wildman–Crippen LogP) is 5.13. The van der Waals surface area contributed by atoms with Gasteiger partial charge in [0, 0.05) is 0 Å². The van der Waals surface area contributed by atoms with Gasteiger partial charge in [-0.3, -0.25) is 0 Å². The summed E-state index contributed by atoms with van der Waals surface area (Å²) in [7, 11) is 0. The summed E-state index contributed by atoms with van der Waals surface area (Å²) in [4.78, 5) is 0. The Balaban J connectivity index is 0.000000771. The maximum Gasteiger partial charge on any atom is 0.0653 e. The van der Waals surface area contributed by atoms with Crippen molar-refractivity contribution in [2.45, 2.75) is 66.9 Å². The van der Waals surface area contributed by atoms with Gasteiger partial charge < -0.3 is 4.74 Å². The van der Waals surface area contributed by atoms with Crippen molar-refractivity contribution in [3.05, 3.63) is 23.3 Å². The molecule has 1 nitrogen and oxygen atoms in total. The number of rotatable bonds is 2. The van der Waals surface area contributed by atoms with Crippen molar-refractivity contribution in [3.8, 4) is 0 Å². The third kappa shape index (κ3) is 3.47. The minimum absolute atomic E-state index is 0.373. The second kappa shape index (κ2) is 6.56. The summed E-state index contributed by atoms with van der Waals surface area (Å²) in [5, 5.41) is 0. The Hall–Kier alpha value is -0.560. The molecule has 0 aromatic heterocycles. The molecule has 1 heteroatoms. The molecule has 2 unspecified atom stereocenters. The van der Waals surface area contributed by atoms with Crippen LogP contribution in [0.3, 0.4) is 0 Å². The van der Waals surface area contributed by atoms with E-state index >= 15 is 0 Å². The third-order valence-electron chi connectivity index (χ3n) is 4.61. The summed E-state index contributed by atoms with van der Waals surface area (Å²) in [6, 6.07) is 0.